The third-order valence-corrected chi connectivity index (χ3v) is 2.62. The molecule has 3 heteroatoms. The summed E-state index contributed by atoms with van der Waals surface area (Å²) < 4.78 is 5.55. The Morgan fingerprint density at radius 2 is 2.27 bits per heavy atom. The predicted molar refractivity (Wildman–Crippen MR) is 58.4 cm³/mol. The monoisotopic (exact) mass is 202 g/mol. The molecule has 0 saturated heterocycles. The van der Waals surface area contributed by atoms with Crippen LogP contribution in [0.25, 0.3) is 0 Å². The van der Waals surface area contributed by atoms with E-state index in [-0.39, 0.29) is 0 Å². The molecule has 78 valence electrons. The normalized spacial score (nSPS) is 14.6. The van der Waals surface area contributed by atoms with E-state index in [1.807, 2.05) is 6.07 Å². The smallest absolute Gasteiger partial charge is 0.142 e. The van der Waals surface area contributed by atoms with Gasteiger partial charge in [0.15, 0.2) is 0 Å². The molecule has 0 bridgehead atoms. The molecule has 2 N–H and O–H groups in total. The van der Waals surface area contributed by atoms with Crippen LogP contribution < -0.4 is 10.5 Å². The molecule has 1 fully saturated rings. The molecular weight excluding hydrogens is 188 g/mol. The Morgan fingerprint density at radius 1 is 1.47 bits per heavy atom. The van der Waals surface area contributed by atoms with Crippen LogP contribution in [0.1, 0.15) is 24.8 Å². The SMILES string of the molecule is N#Cc1ccc(OCCC2CC2)c(N)c1. The Labute approximate surface area is 89.5 Å². The molecule has 1 aromatic rings. The zero-order valence-electron chi connectivity index (χ0n) is 8.57. The molecule has 1 saturated carbocycles. The Balaban J connectivity index is 1.92. The molecule has 1 aromatic carbocycles. The highest BCUT2D eigenvalue weighted by Gasteiger charge is 2.20. The largest absolute Gasteiger partial charge is 0.491 e. The standard InChI is InChI=1S/C12H14N2O/c13-8-10-3-4-12(11(14)7-10)15-6-5-9-1-2-9/h3-4,7,9H,1-2,5-6,14H2. The topological polar surface area (TPSA) is 59.0 Å². The van der Waals surface area contributed by atoms with E-state index in [0.29, 0.717) is 17.0 Å². The van der Waals surface area contributed by atoms with E-state index in [4.69, 9.17) is 15.7 Å². The van der Waals surface area contributed by atoms with Gasteiger partial charge >= 0.3 is 0 Å². The van der Waals surface area contributed by atoms with E-state index in [0.717, 1.165) is 18.9 Å². The first-order valence-electron chi connectivity index (χ1n) is 5.22. The van der Waals surface area contributed by atoms with Gasteiger partial charge in [0.1, 0.15) is 5.75 Å². The fraction of sp³-hybridized carbons (Fsp3) is 0.417. The lowest BCUT2D eigenvalue weighted by Crippen LogP contribution is -2.01. The zero-order valence-corrected chi connectivity index (χ0v) is 8.57. The molecule has 0 aliphatic heterocycles. The minimum atomic E-state index is 0.546. The summed E-state index contributed by atoms with van der Waals surface area (Å²) in [7, 11) is 0. The molecule has 0 radical (unpaired) electrons. The summed E-state index contributed by atoms with van der Waals surface area (Å²) in [6.07, 6.45) is 3.79. The average Bonchev–Trinajstić information content (AvgIpc) is 3.04. The van der Waals surface area contributed by atoms with Gasteiger partial charge in [-0.25, -0.2) is 0 Å². The highest BCUT2D eigenvalue weighted by atomic mass is 16.5. The van der Waals surface area contributed by atoms with Crippen LogP contribution in [-0.4, -0.2) is 6.61 Å². The van der Waals surface area contributed by atoms with Gasteiger partial charge in [-0.3, -0.25) is 0 Å². The van der Waals surface area contributed by atoms with Crippen LogP contribution in [0.5, 0.6) is 5.75 Å². The Morgan fingerprint density at radius 3 is 2.87 bits per heavy atom. The number of anilines is 1. The van der Waals surface area contributed by atoms with Crippen molar-refractivity contribution in [1.29, 1.82) is 5.26 Å². The molecule has 3 nitrogen and oxygen atoms in total. The molecular formula is C12H14N2O. The van der Waals surface area contributed by atoms with Gasteiger partial charge in [-0.2, -0.15) is 5.26 Å². The molecule has 0 amide bonds. The van der Waals surface area contributed by atoms with Crippen molar-refractivity contribution in [3.05, 3.63) is 23.8 Å². The lowest BCUT2D eigenvalue weighted by atomic mass is 10.2. The van der Waals surface area contributed by atoms with Gasteiger partial charge in [0.05, 0.1) is 23.9 Å². The van der Waals surface area contributed by atoms with E-state index in [2.05, 4.69) is 0 Å². The number of nitrogens with two attached hydrogens (primary N) is 1. The van der Waals surface area contributed by atoms with Crippen molar-refractivity contribution < 1.29 is 4.74 Å². The summed E-state index contributed by atoms with van der Waals surface area (Å²) >= 11 is 0. The molecule has 15 heavy (non-hydrogen) atoms. The van der Waals surface area contributed by atoms with E-state index in [9.17, 15) is 0 Å². The first-order valence-corrected chi connectivity index (χ1v) is 5.22. The molecule has 0 aromatic heterocycles. The maximum Gasteiger partial charge on any atom is 0.142 e. The van der Waals surface area contributed by atoms with Gasteiger partial charge < -0.3 is 10.5 Å². The van der Waals surface area contributed by atoms with Crippen molar-refractivity contribution in [3.8, 4) is 11.8 Å². The van der Waals surface area contributed by atoms with E-state index < -0.39 is 0 Å². The summed E-state index contributed by atoms with van der Waals surface area (Å²) in [6, 6.07) is 7.18. The molecule has 2 rings (SSSR count). The Kier molecular flexibility index (Phi) is 2.77. The van der Waals surface area contributed by atoms with Gasteiger partial charge in [-0.1, -0.05) is 12.8 Å². The Bertz CT molecular complexity index is 391. The van der Waals surface area contributed by atoms with Crippen molar-refractivity contribution in [2.24, 2.45) is 5.92 Å². The molecule has 1 aliphatic rings. The van der Waals surface area contributed by atoms with E-state index in [1.165, 1.54) is 12.8 Å². The van der Waals surface area contributed by atoms with Crippen LogP contribution in [0.2, 0.25) is 0 Å². The molecule has 0 spiro atoms. The van der Waals surface area contributed by atoms with Crippen LogP contribution >= 0.6 is 0 Å². The summed E-state index contributed by atoms with van der Waals surface area (Å²) in [5, 5.41) is 8.66. The lowest BCUT2D eigenvalue weighted by Gasteiger charge is -2.08. The van der Waals surface area contributed by atoms with Crippen molar-refractivity contribution in [3.63, 3.8) is 0 Å². The number of nitriles is 1. The first kappa shape index (κ1) is 9.85. The second-order valence-electron chi connectivity index (χ2n) is 3.94. The first-order chi connectivity index (χ1) is 7.29. The highest BCUT2D eigenvalue weighted by molar-refractivity contribution is 5.56. The van der Waals surface area contributed by atoms with Crippen LogP contribution in [0, 0.1) is 17.2 Å². The van der Waals surface area contributed by atoms with Gasteiger partial charge in [0.2, 0.25) is 0 Å². The van der Waals surface area contributed by atoms with E-state index >= 15 is 0 Å². The summed E-state index contributed by atoms with van der Waals surface area (Å²) in [5.41, 5.74) is 6.87. The van der Waals surface area contributed by atoms with Crippen LogP contribution in [0.3, 0.4) is 0 Å². The molecule has 1 aliphatic carbocycles. The quantitative estimate of drug-likeness (QED) is 0.762. The van der Waals surface area contributed by atoms with Crippen molar-refractivity contribution in [2.45, 2.75) is 19.3 Å². The molecule has 0 heterocycles. The minimum absolute atomic E-state index is 0.546. The van der Waals surface area contributed by atoms with Crippen LogP contribution in [0.4, 0.5) is 5.69 Å². The van der Waals surface area contributed by atoms with Gasteiger partial charge in [0.25, 0.3) is 0 Å². The zero-order chi connectivity index (χ0) is 10.7. The predicted octanol–water partition coefficient (Wildman–Crippen LogP) is 2.32. The summed E-state index contributed by atoms with van der Waals surface area (Å²) in [5.74, 6) is 1.55. The number of nitrogen functional groups attached to an aromatic ring is 1. The second-order valence-corrected chi connectivity index (χ2v) is 3.94. The fourth-order valence-corrected chi connectivity index (χ4v) is 1.49. The Hall–Kier alpha value is -1.69. The summed E-state index contributed by atoms with van der Waals surface area (Å²) in [6.45, 7) is 0.723. The van der Waals surface area contributed by atoms with Gasteiger partial charge in [-0.05, 0) is 30.5 Å². The number of nitrogens with zero attached hydrogens (tertiary/aromatic N) is 1. The number of rotatable bonds is 4. The van der Waals surface area contributed by atoms with Crippen LogP contribution in [0.15, 0.2) is 18.2 Å². The molecule has 0 atom stereocenters. The number of benzene rings is 1. The third-order valence-electron chi connectivity index (χ3n) is 2.62. The number of ether oxygens (including phenoxy) is 1. The van der Waals surface area contributed by atoms with Crippen LogP contribution in [-0.2, 0) is 0 Å². The minimum Gasteiger partial charge on any atom is -0.491 e. The number of hydrogen-bond donors (Lipinski definition) is 1. The fourth-order valence-electron chi connectivity index (χ4n) is 1.49. The summed E-state index contributed by atoms with van der Waals surface area (Å²) in [4.78, 5) is 0. The average molecular weight is 202 g/mol. The van der Waals surface area contributed by atoms with Crippen molar-refractivity contribution in [1.82, 2.24) is 0 Å². The van der Waals surface area contributed by atoms with Crippen molar-refractivity contribution in [2.75, 3.05) is 12.3 Å². The highest BCUT2D eigenvalue weighted by Crippen LogP contribution is 2.32. The van der Waals surface area contributed by atoms with Gasteiger partial charge in [-0.15, -0.1) is 0 Å². The third kappa shape index (κ3) is 2.63. The maximum atomic E-state index is 8.66. The lowest BCUT2D eigenvalue weighted by molar-refractivity contribution is 0.304. The van der Waals surface area contributed by atoms with Crippen molar-refractivity contribution >= 4 is 5.69 Å². The molecule has 0 unspecified atom stereocenters. The van der Waals surface area contributed by atoms with E-state index in [1.54, 1.807) is 18.2 Å². The maximum absolute atomic E-state index is 8.66. The second kappa shape index (κ2) is 4.22. The van der Waals surface area contributed by atoms with Gasteiger partial charge in [0, 0.05) is 0 Å². The number of hydrogen-bond acceptors (Lipinski definition) is 3.